The Morgan fingerprint density at radius 3 is 2.14 bits per heavy atom. The summed E-state index contributed by atoms with van der Waals surface area (Å²) in [5.74, 6) is -1.22. The second kappa shape index (κ2) is 3.26. The summed E-state index contributed by atoms with van der Waals surface area (Å²) in [7, 11) is 3.32. The molecule has 14 heavy (non-hydrogen) atoms. The van der Waals surface area contributed by atoms with E-state index in [0.29, 0.717) is 6.42 Å². The Morgan fingerprint density at radius 1 is 1.43 bits per heavy atom. The molecule has 4 heteroatoms. The molecule has 0 spiro atoms. The van der Waals surface area contributed by atoms with Crippen molar-refractivity contribution in [1.29, 1.82) is 0 Å². The number of aliphatic carboxylic acids is 1. The third kappa shape index (κ3) is 1.38. The summed E-state index contributed by atoms with van der Waals surface area (Å²) in [6.45, 7) is 3.72. The van der Waals surface area contributed by atoms with Gasteiger partial charge in [-0.05, 0) is 12.3 Å². The average molecular weight is 199 g/mol. The van der Waals surface area contributed by atoms with Gasteiger partial charge in [-0.2, -0.15) is 0 Å². The van der Waals surface area contributed by atoms with Gasteiger partial charge in [0.1, 0.15) is 0 Å². The molecular formula is C10H17NO3. The van der Waals surface area contributed by atoms with Crippen LogP contribution in [0.5, 0.6) is 0 Å². The van der Waals surface area contributed by atoms with E-state index in [0.717, 1.165) is 0 Å². The summed E-state index contributed by atoms with van der Waals surface area (Å²) < 4.78 is 0. The first kappa shape index (κ1) is 11.0. The zero-order valence-electron chi connectivity index (χ0n) is 9.07. The van der Waals surface area contributed by atoms with Gasteiger partial charge >= 0.3 is 5.97 Å². The van der Waals surface area contributed by atoms with Crippen molar-refractivity contribution in [2.45, 2.75) is 20.3 Å². The van der Waals surface area contributed by atoms with Crippen LogP contribution in [0.15, 0.2) is 0 Å². The number of nitrogens with zero attached hydrogens (tertiary/aromatic N) is 1. The molecule has 1 rings (SSSR count). The third-order valence-corrected chi connectivity index (χ3v) is 3.17. The molecule has 4 nitrogen and oxygen atoms in total. The highest BCUT2D eigenvalue weighted by Crippen LogP contribution is 2.58. The smallest absolute Gasteiger partial charge is 0.310 e. The standard InChI is InChI=1S/C10H17NO3/c1-6(2)10(9(13)14)5-7(10)8(12)11(3)4/h6-7H,5H2,1-4H3,(H,13,14). The first-order valence-corrected chi connectivity index (χ1v) is 4.78. The first-order valence-electron chi connectivity index (χ1n) is 4.78. The van der Waals surface area contributed by atoms with Gasteiger partial charge in [-0.25, -0.2) is 0 Å². The molecule has 1 amide bonds. The van der Waals surface area contributed by atoms with E-state index in [1.54, 1.807) is 14.1 Å². The molecule has 0 saturated heterocycles. The zero-order valence-corrected chi connectivity index (χ0v) is 9.07. The molecule has 1 saturated carbocycles. The van der Waals surface area contributed by atoms with Crippen LogP contribution in [-0.4, -0.2) is 36.0 Å². The molecular weight excluding hydrogens is 182 g/mol. The lowest BCUT2D eigenvalue weighted by molar-refractivity contribution is -0.148. The van der Waals surface area contributed by atoms with Crippen molar-refractivity contribution >= 4 is 11.9 Å². The summed E-state index contributed by atoms with van der Waals surface area (Å²) in [5.41, 5.74) is -0.804. The number of amides is 1. The molecule has 0 aromatic rings. The summed E-state index contributed by atoms with van der Waals surface area (Å²) >= 11 is 0. The molecule has 1 aliphatic rings. The van der Waals surface area contributed by atoms with E-state index < -0.39 is 11.4 Å². The number of carbonyl (C=O) groups is 2. The molecule has 2 atom stereocenters. The molecule has 0 aromatic carbocycles. The summed E-state index contributed by atoms with van der Waals surface area (Å²) in [6.07, 6.45) is 0.483. The van der Waals surface area contributed by atoms with Crippen molar-refractivity contribution in [3.8, 4) is 0 Å². The fourth-order valence-electron chi connectivity index (χ4n) is 2.02. The van der Waals surface area contributed by atoms with Crippen molar-refractivity contribution in [1.82, 2.24) is 4.90 Å². The second-order valence-corrected chi connectivity index (χ2v) is 4.49. The van der Waals surface area contributed by atoms with Crippen LogP contribution >= 0.6 is 0 Å². The molecule has 1 N–H and O–H groups in total. The monoisotopic (exact) mass is 199 g/mol. The van der Waals surface area contributed by atoms with Gasteiger partial charge in [0.15, 0.2) is 0 Å². The Labute approximate surface area is 83.9 Å². The number of carbonyl (C=O) groups excluding carboxylic acids is 1. The topological polar surface area (TPSA) is 57.6 Å². The third-order valence-electron chi connectivity index (χ3n) is 3.17. The van der Waals surface area contributed by atoms with Gasteiger partial charge in [0, 0.05) is 14.1 Å². The van der Waals surface area contributed by atoms with Crippen molar-refractivity contribution < 1.29 is 14.7 Å². The molecule has 0 aromatic heterocycles. The molecule has 1 fully saturated rings. The summed E-state index contributed by atoms with van der Waals surface area (Å²) in [6, 6.07) is 0. The quantitative estimate of drug-likeness (QED) is 0.732. The van der Waals surface area contributed by atoms with Gasteiger partial charge in [-0.3, -0.25) is 9.59 Å². The van der Waals surface area contributed by atoms with Crippen LogP contribution in [0.4, 0.5) is 0 Å². The Morgan fingerprint density at radius 2 is 1.93 bits per heavy atom. The lowest BCUT2D eigenvalue weighted by Crippen LogP contribution is -2.31. The largest absolute Gasteiger partial charge is 0.481 e. The van der Waals surface area contributed by atoms with Crippen molar-refractivity contribution in [2.75, 3.05) is 14.1 Å². The maximum absolute atomic E-state index is 11.6. The Balaban J connectivity index is 2.81. The SMILES string of the molecule is CC(C)C1(C(=O)O)CC1C(=O)N(C)C. The maximum Gasteiger partial charge on any atom is 0.310 e. The van der Waals surface area contributed by atoms with E-state index in [-0.39, 0.29) is 17.7 Å². The minimum atomic E-state index is -0.840. The van der Waals surface area contributed by atoms with Gasteiger partial charge in [0.05, 0.1) is 11.3 Å². The predicted molar refractivity (Wildman–Crippen MR) is 51.7 cm³/mol. The van der Waals surface area contributed by atoms with Crippen molar-refractivity contribution in [2.24, 2.45) is 17.3 Å². The van der Waals surface area contributed by atoms with Gasteiger partial charge in [0.25, 0.3) is 0 Å². The molecule has 0 bridgehead atoms. The van der Waals surface area contributed by atoms with Crippen LogP contribution in [-0.2, 0) is 9.59 Å². The highest BCUT2D eigenvalue weighted by atomic mass is 16.4. The number of rotatable bonds is 3. The Kier molecular flexibility index (Phi) is 2.56. The molecule has 0 radical (unpaired) electrons. The highest BCUT2D eigenvalue weighted by Gasteiger charge is 2.65. The lowest BCUT2D eigenvalue weighted by atomic mass is 9.89. The minimum absolute atomic E-state index is 0.00824. The lowest BCUT2D eigenvalue weighted by Gasteiger charge is -2.18. The number of carboxylic acids is 1. The van der Waals surface area contributed by atoms with Gasteiger partial charge in [0.2, 0.25) is 5.91 Å². The van der Waals surface area contributed by atoms with Crippen LogP contribution in [0.2, 0.25) is 0 Å². The zero-order chi connectivity index (χ0) is 11.1. The maximum atomic E-state index is 11.6. The molecule has 80 valence electrons. The van der Waals surface area contributed by atoms with E-state index >= 15 is 0 Å². The summed E-state index contributed by atoms with van der Waals surface area (Å²) in [5, 5.41) is 9.10. The average Bonchev–Trinajstić information content (AvgIpc) is 2.77. The Bertz CT molecular complexity index is 273. The van der Waals surface area contributed by atoms with Crippen LogP contribution in [0.25, 0.3) is 0 Å². The van der Waals surface area contributed by atoms with Crippen LogP contribution in [0, 0.1) is 17.3 Å². The van der Waals surface area contributed by atoms with Crippen molar-refractivity contribution in [3.63, 3.8) is 0 Å². The molecule has 1 aliphatic carbocycles. The van der Waals surface area contributed by atoms with Crippen LogP contribution in [0.3, 0.4) is 0 Å². The molecule has 0 heterocycles. The number of hydrogen-bond donors (Lipinski definition) is 1. The number of hydrogen-bond acceptors (Lipinski definition) is 2. The van der Waals surface area contributed by atoms with E-state index in [9.17, 15) is 9.59 Å². The van der Waals surface area contributed by atoms with Gasteiger partial charge in [-0.1, -0.05) is 13.8 Å². The molecule has 2 unspecified atom stereocenters. The molecule has 0 aliphatic heterocycles. The normalized spacial score (nSPS) is 30.2. The summed E-state index contributed by atoms with van der Waals surface area (Å²) in [4.78, 5) is 24.2. The van der Waals surface area contributed by atoms with Crippen LogP contribution < -0.4 is 0 Å². The van der Waals surface area contributed by atoms with E-state index in [1.807, 2.05) is 13.8 Å². The second-order valence-electron chi connectivity index (χ2n) is 4.49. The Hall–Kier alpha value is -1.06. The fourth-order valence-corrected chi connectivity index (χ4v) is 2.02. The van der Waals surface area contributed by atoms with Crippen molar-refractivity contribution in [3.05, 3.63) is 0 Å². The van der Waals surface area contributed by atoms with Gasteiger partial charge in [-0.15, -0.1) is 0 Å². The van der Waals surface area contributed by atoms with E-state index in [2.05, 4.69) is 0 Å². The first-order chi connectivity index (χ1) is 6.34. The van der Waals surface area contributed by atoms with Crippen LogP contribution in [0.1, 0.15) is 20.3 Å². The van der Waals surface area contributed by atoms with E-state index in [4.69, 9.17) is 5.11 Å². The fraction of sp³-hybridized carbons (Fsp3) is 0.800. The van der Waals surface area contributed by atoms with E-state index in [1.165, 1.54) is 4.90 Å². The van der Waals surface area contributed by atoms with Gasteiger partial charge < -0.3 is 10.0 Å². The highest BCUT2D eigenvalue weighted by molar-refractivity contribution is 5.92. The number of carboxylic acid groups (broad SMARTS) is 1. The minimum Gasteiger partial charge on any atom is -0.481 e. The predicted octanol–water partition coefficient (Wildman–Crippen LogP) is 0.821.